The van der Waals surface area contributed by atoms with E-state index in [4.69, 9.17) is 0 Å². The van der Waals surface area contributed by atoms with Gasteiger partial charge in [-0.15, -0.1) is 0 Å². The highest BCUT2D eigenvalue weighted by molar-refractivity contribution is 5.41. The number of nitrogens with zero attached hydrogens (tertiary/aromatic N) is 5. The van der Waals surface area contributed by atoms with Crippen molar-refractivity contribution in [1.29, 1.82) is 0 Å². The fraction of sp³-hybridized carbons (Fsp3) is 0.316. The SMILES string of the molecule is Cc1ccccc1C1CCN(c2nnnn2-c2ccccc2)CC1. The number of aryl methyl sites for hydroxylation is 1. The molecule has 4 rings (SSSR count). The number of hydrogen-bond acceptors (Lipinski definition) is 4. The van der Waals surface area contributed by atoms with Gasteiger partial charge in [0.1, 0.15) is 0 Å². The molecule has 1 aromatic heterocycles. The molecule has 1 aliphatic rings. The Morgan fingerprint density at radius 3 is 2.38 bits per heavy atom. The molecule has 1 saturated heterocycles. The average molecular weight is 319 g/mol. The minimum Gasteiger partial charge on any atom is -0.339 e. The molecule has 5 heteroatoms. The van der Waals surface area contributed by atoms with Gasteiger partial charge >= 0.3 is 0 Å². The third-order valence-corrected chi connectivity index (χ3v) is 4.86. The molecular formula is C19H21N5. The average Bonchev–Trinajstić information content (AvgIpc) is 3.13. The van der Waals surface area contributed by atoms with Crippen LogP contribution in [0.3, 0.4) is 0 Å². The summed E-state index contributed by atoms with van der Waals surface area (Å²) in [5.41, 5.74) is 3.88. The molecule has 2 heterocycles. The Balaban J connectivity index is 1.51. The van der Waals surface area contributed by atoms with Crippen LogP contribution in [0.15, 0.2) is 54.6 Å². The van der Waals surface area contributed by atoms with Crippen LogP contribution in [-0.4, -0.2) is 33.3 Å². The first kappa shape index (κ1) is 14.9. The van der Waals surface area contributed by atoms with E-state index in [-0.39, 0.29) is 0 Å². The summed E-state index contributed by atoms with van der Waals surface area (Å²) in [6, 6.07) is 18.8. The molecule has 1 aliphatic heterocycles. The van der Waals surface area contributed by atoms with Crippen LogP contribution in [-0.2, 0) is 0 Å². The molecule has 0 aliphatic carbocycles. The third-order valence-electron chi connectivity index (χ3n) is 4.86. The molecule has 0 radical (unpaired) electrons. The lowest BCUT2D eigenvalue weighted by Crippen LogP contribution is -2.35. The Morgan fingerprint density at radius 2 is 1.62 bits per heavy atom. The molecule has 0 bridgehead atoms. The standard InChI is InChI=1S/C19H21N5/c1-15-7-5-6-10-18(15)16-11-13-23(14-12-16)19-20-21-22-24(19)17-8-3-2-4-9-17/h2-10,16H,11-14H2,1H3. The van der Waals surface area contributed by atoms with Crippen molar-refractivity contribution in [2.24, 2.45) is 0 Å². The van der Waals surface area contributed by atoms with E-state index in [1.165, 1.54) is 11.1 Å². The van der Waals surface area contributed by atoms with Gasteiger partial charge in [0.15, 0.2) is 0 Å². The number of rotatable bonds is 3. The molecule has 0 N–H and O–H groups in total. The molecule has 0 unspecified atom stereocenters. The molecule has 1 fully saturated rings. The van der Waals surface area contributed by atoms with Crippen molar-refractivity contribution >= 4 is 5.95 Å². The number of piperidine rings is 1. The van der Waals surface area contributed by atoms with Gasteiger partial charge in [-0.3, -0.25) is 0 Å². The van der Waals surface area contributed by atoms with Crippen LogP contribution in [0.25, 0.3) is 5.69 Å². The molecule has 0 saturated carbocycles. The molecule has 3 aromatic rings. The molecule has 122 valence electrons. The van der Waals surface area contributed by atoms with Crippen molar-refractivity contribution in [2.45, 2.75) is 25.7 Å². The highest BCUT2D eigenvalue weighted by Gasteiger charge is 2.25. The van der Waals surface area contributed by atoms with Crippen molar-refractivity contribution < 1.29 is 0 Å². The lowest BCUT2D eigenvalue weighted by atomic mass is 9.87. The minimum atomic E-state index is 0.628. The van der Waals surface area contributed by atoms with Gasteiger partial charge in [0.2, 0.25) is 5.95 Å². The van der Waals surface area contributed by atoms with Crippen LogP contribution in [0.5, 0.6) is 0 Å². The molecule has 0 amide bonds. The zero-order chi connectivity index (χ0) is 16.4. The molecule has 2 aromatic carbocycles. The van der Waals surface area contributed by atoms with Crippen molar-refractivity contribution in [1.82, 2.24) is 20.2 Å². The van der Waals surface area contributed by atoms with Gasteiger partial charge in [-0.25, -0.2) is 0 Å². The van der Waals surface area contributed by atoms with Crippen LogP contribution in [0, 0.1) is 6.92 Å². The molecule has 5 nitrogen and oxygen atoms in total. The van der Waals surface area contributed by atoms with E-state index in [0.29, 0.717) is 5.92 Å². The first-order valence-corrected chi connectivity index (χ1v) is 8.47. The number of benzene rings is 2. The number of anilines is 1. The lowest BCUT2D eigenvalue weighted by molar-refractivity contribution is 0.495. The minimum absolute atomic E-state index is 0.628. The molecule has 0 spiro atoms. The van der Waals surface area contributed by atoms with Crippen molar-refractivity contribution in [3.63, 3.8) is 0 Å². The summed E-state index contributed by atoms with van der Waals surface area (Å²) in [5, 5.41) is 12.3. The Morgan fingerprint density at radius 1 is 0.917 bits per heavy atom. The van der Waals surface area contributed by atoms with E-state index in [2.05, 4.69) is 51.6 Å². The van der Waals surface area contributed by atoms with E-state index >= 15 is 0 Å². The Hall–Kier alpha value is -2.69. The van der Waals surface area contributed by atoms with Crippen LogP contribution in [0.1, 0.15) is 29.9 Å². The summed E-state index contributed by atoms with van der Waals surface area (Å²) < 4.78 is 1.83. The second-order valence-corrected chi connectivity index (χ2v) is 6.34. The maximum absolute atomic E-state index is 4.26. The van der Waals surface area contributed by atoms with Crippen molar-refractivity contribution in [2.75, 3.05) is 18.0 Å². The molecular weight excluding hydrogens is 298 g/mol. The first-order valence-electron chi connectivity index (χ1n) is 8.47. The maximum Gasteiger partial charge on any atom is 0.250 e. The van der Waals surface area contributed by atoms with Gasteiger partial charge in [0, 0.05) is 13.1 Å². The third kappa shape index (κ3) is 2.77. The summed E-state index contributed by atoms with van der Waals surface area (Å²) in [4.78, 5) is 2.29. The van der Waals surface area contributed by atoms with Gasteiger partial charge in [-0.1, -0.05) is 47.6 Å². The predicted molar refractivity (Wildman–Crippen MR) is 94.5 cm³/mol. The van der Waals surface area contributed by atoms with Gasteiger partial charge in [-0.05, 0) is 59.4 Å². The Labute approximate surface area is 141 Å². The number of hydrogen-bond donors (Lipinski definition) is 0. The molecule has 24 heavy (non-hydrogen) atoms. The smallest absolute Gasteiger partial charge is 0.250 e. The second-order valence-electron chi connectivity index (χ2n) is 6.34. The van der Waals surface area contributed by atoms with Gasteiger partial charge < -0.3 is 4.90 Å². The lowest BCUT2D eigenvalue weighted by Gasteiger charge is -2.32. The van der Waals surface area contributed by atoms with Crippen molar-refractivity contribution in [3.8, 4) is 5.69 Å². The van der Waals surface area contributed by atoms with Crippen LogP contribution in [0.2, 0.25) is 0 Å². The fourth-order valence-corrected chi connectivity index (χ4v) is 3.55. The largest absolute Gasteiger partial charge is 0.339 e. The Bertz CT molecular complexity index is 803. The summed E-state index contributed by atoms with van der Waals surface area (Å²) in [6.07, 6.45) is 2.26. The number of para-hydroxylation sites is 1. The summed E-state index contributed by atoms with van der Waals surface area (Å²) in [7, 11) is 0. The second kappa shape index (κ2) is 6.43. The van der Waals surface area contributed by atoms with Crippen molar-refractivity contribution in [3.05, 3.63) is 65.7 Å². The highest BCUT2D eigenvalue weighted by Crippen LogP contribution is 2.31. The monoisotopic (exact) mass is 319 g/mol. The maximum atomic E-state index is 4.26. The van der Waals surface area contributed by atoms with E-state index < -0.39 is 0 Å². The summed E-state index contributed by atoms with van der Waals surface area (Å²) in [6.45, 7) is 4.16. The Kier molecular flexibility index (Phi) is 3.99. The summed E-state index contributed by atoms with van der Waals surface area (Å²) in [5.74, 6) is 1.47. The van der Waals surface area contributed by atoms with Crippen LogP contribution < -0.4 is 4.90 Å². The highest BCUT2D eigenvalue weighted by atomic mass is 15.6. The van der Waals surface area contributed by atoms with Gasteiger partial charge in [0.05, 0.1) is 5.69 Å². The van der Waals surface area contributed by atoms with Crippen LogP contribution in [0.4, 0.5) is 5.95 Å². The quantitative estimate of drug-likeness (QED) is 0.743. The normalized spacial score (nSPS) is 15.6. The number of aromatic nitrogens is 4. The van der Waals surface area contributed by atoms with E-state index in [1.54, 1.807) is 0 Å². The van der Waals surface area contributed by atoms with Gasteiger partial charge in [0.25, 0.3) is 0 Å². The zero-order valence-electron chi connectivity index (χ0n) is 13.8. The molecule has 0 atom stereocenters. The van der Waals surface area contributed by atoms with Crippen LogP contribution >= 0.6 is 0 Å². The summed E-state index contributed by atoms with van der Waals surface area (Å²) >= 11 is 0. The van der Waals surface area contributed by atoms with E-state index in [0.717, 1.165) is 37.6 Å². The van der Waals surface area contributed by atoms with Gasteiger partial charge in [-0.2, -0.15) is 4.68 Å². The first-order chi connectivity index (χ1) is 11.8. The number of tetrazole rings is 1. The van der Waals surface area contributed by atoms with E-state index in [9.17, 15) is 0 Å². The zero-order valence-corrected chi connectivity index (χ0v) is 13.8. The van der Waals surface area contributed by atoms with E-state index in [1.807, 2.05) is 35.0 Å². The topological polar surface area (TPSA) is 46.8 Å². The fourth-order valence-electron chi connectivity index (χ4n) is 3.55. The predicted octanol–water partition coefficient (Wildman–Crippen LogP) is 3.35.